The molecule has 5 heteroatoms. The Balaban J connectivity index is 2.02. The highest BCUT2D eigenvalue weighted by atomic mass is 79.9. The van der Waals surface area contributed by atoms with Gasteiger partial charge in [0.15, 0.2) is 0 Å². The first-order valence-electron chi connectivity index (χ1n) is 6.89. The van der Waals surface area contributed by atoms with Crippen LogP contribution in [0.25, 0.3) is 0 Å². The molecule has 2 amide bonds. The first-order valence-corrected chi connectivity index (χ1v) is 7.69. The summed E-state index contributed by atoms with van der Waals surface area (Å²) in [6, 6.07) is 14.5. The van der Waals surface area contributed by atoms with Crippen molar-refractivity contribution in [2.75, 3.05) is 5.32 Å². The molecule has 0 fully saturated rings. The van der Waals surface area contributed by atoms with Gasteiger partial charge in [-0.05, 0) is 48.9 Å². The molecule has 0 aliphatic heterocycles. The number of carbonyl (C=O) groups is 2. The first kappa shape index (κ1) is 16.2. The largest absolute Gasteiger partial charge is 0.346 e. The van der Waals surface area contributed by atoms with Gasteiger partial charge in [-0.2, -0.15) is 0 Å². The summed E-state index contributed by atoms with van der Waals surface area (Å²) in [7, 11) is 0. The van der Waals surface area contributed by atoms with Gasteiger partial charge in [0.2, 0.25) is 5.91 Å². The van der Waals surface area contributed by atoms with Crippen LogP contribution in [-0.2, 0) is 4.79 Å². The second-order valence-electron chi connectivity index (χ2n) is 5.01. The third-order valence-corrected chi connectivity index (χ3v) is 3.71. The number of hydrogen-bond donors (Lipinski definition) is 2. The smallest absolute Gasteiger partial charge is 0.251 e. The van der Waals surface area contributed by atoms with Crippen molar-refractivity contribution in [2.45, 2.75) is 19.9 Å². The Labute approximate surface area is 138 Å². The number of benzene rings is 2. The lowest BCUT2D eigenvalue weighted by atomic mass is 10.1. The van der Waals surface area contributed by atoms with Crippen LogP contribution in [0.15, 0.2) is 53.0 Å². The van der Waals surface area contributed by atoms with Gasteiger partial charge >= 0.3 is 0 Å². The molecule has 0 heterocycles. The number of amides is 2. The predicted octanol–water partition coefficient (Wildman–Crippen LogP) is 3.90. The minimum Gasteiger partial charge on any atom is -0.346 e. The van der Waals surface area contributed by atoms with Gasteiger partial charge in [-0.3, -0.25) is 9.59 Å². The molecule has 2 aromatic rings. The molecule has 2 aromatic carbocycles. The number of carbonyl (C=O) groups excluding carboxylic acids is 2. The van der Waals surface area contributed by atoms with E-state index in [0.717, 1.165) is 10.0 Å². The molecule has 0 spiro atoms. The van der Waals surface area contributed by atoms with Crippen LogP contribution < -0.4 is 10.6 Å². The van der Waals surface area contributed by atoms with E-state index in [-0.39, 0.29) is 17.9 Å². The van der Waals surface area contributed by atoms with Crippen molar-refractivity contribution in [2.24, 2.45) is 0 Å². The molecule has 0 aromatic heterocycles. The number of anilines is 1. The Bertz CT molecular complexity index is 666. The lowest BCUT2D eigenvalue weighted by Crippen LogP contribution is -2.26. The molecule has 22 heavy (non-hydrogen) atoms. The van der Waals surface area contributed by atoms with Gasteiger partial charge in [0.05, 0.1) is 6.04 Å². The molecule has 4 nitrogen and oxygen atoms in total. The van der Waals surface area contributed by atoms with E-state index < -0.39 is 0 Å². The molecular weight excluding hydrogens is 344 g/mol. The average Bonchev–Trinajstić information content (AvgIpc) is 2.48. The normalized spacial score (nSPS) is 11.6. The summed E-state index contributed by atoms with van der Waals surface area (Å²) in [5.74, 6) is -0.286. The molecule has 2 rings (SSSR count). The fraction of sp³-hybridized carbons (Fsp3) is 0.176. The van der Waals surface area contributed by atoms with Gasteiger partial charge in [0, 0.05) is 22.6 Å². The van der Waals surface area contributed by atoms with Crippen LogP contribution in [0.4, 0.5) is 5.69 Å². The maximum atomic E-state index is 12.2. The summed E-state index contributed by atoms with van der Waals surface area (Å²) in [4.78, 5) is 23.2. The van der Waals surface area contributed by atoms with Gasteiger partial charge in [0.25, 0.3) is 5.91 Å². The van der Waals surface area contributed by atoms with Crippen LogP contribution in [0.5, 0.6) is 0 Å². The second kappa shape index (κ2) is 7.22. The maximum Gasteiger partial charge on any atom is 0.251 e. The first-order chi connectivity index (χ1) is 10.5. The number of hydrogen-bond acceptors (Lipinski definition) is 2. The Morgan fingerprint density at radius 1 is 1.00 bits per heavy atom. The molecule has 1 unspecified atom stereocenters. The summed E-state index contributed by atoms with van der Waals surface area (Å²) in [6.45, 7) is 3.38. The predicted molar refractivity (Wildman–Crippen MR) is 90.8 cm³/mol. The van der Waals surface area contributed by atoms with E-state index in [4.69, 9.17) is 0 Å². The van der Waals surface area contributed by atoms with E-state index in [1.54, 1.807) is 24.3 Å². The fourth-order valence-corrected chi connectivity index (χ4v) is 2.29. The standard InChI is InChI=1S/C17H17BrN2O2/c1-11(13-3-7-15(18)8-4-13)19-17(22)14-5-9-16(10-6-14)20-12(2)21/h3-11H,1-2H3,(H,19,22)(H,20,21). The Hall–Kier alpha value is -2.14. The topological polar surface area (TPSA) is 58.2 Å². The average molecular weight is 361 g/mol. The number of rotatable bonds is 4. The minimum absolute atomic E-state index is 0.0874. The Morgan fingerprint density at radius 3 is 2.14 bits per heavy atom. The zero-order valence-electron chi connectivity index (χ0n) is 12.4. The molecule has 0 saturated heterocycles. The lowest BCUT2D eigenvalue weighted by molar-refractivity contribution is -0.114. The van der Waals surface area contributed by atoms with Crippen molar-refractivity contribution < 1.29 is 9.59 Å². The zero-order valence-corrected chi connectivity index (χ0v) is 14.0. The van der Waals surface area contributed by atoms with E-state index in [1.807, 2.05) is 31.2 Å². The van der Waals surface area contributed by atoms with Gasteiger partial charge in [-0.1, -0.05) is 28.1 Å². The molecule has 0 saturated carbocycles. The van der Waals surface area contributed by atoms with Gasteiger partial charge < -0.3 is 10.6 Å². The summed E-state index contributed by atoms with van der Waals surface area (Å²) < 4.78 is 1.00. The van der Waals surface area contributed by atoms with Gasteiger partial charge in [-0.15, -0.1) is 0 Å². The van der Waals surface area contributed by atoms with Crippen LogP contribution in [0.1, 0.15) is 35.8 Å². The Morgan fingerprint density at radius 2 is 1.59 bits per heavy atom. The van der Waals surface area contributed by atoms with Crippen LogP contribution in [0.2, 0.25) is 0 Å². The molecule has 0 aliphatic carbocycles. The van der Waals surface area contributed by atoms with Crippen molar-refractivity contribution in [3.05, 3.63) is 64.1 Å². The highest BCUT2D eigenvalue weighted by Gasteiger charge is 2.11. The second-order valence-corrected chi connectivity index (χ2v) is 5.92. The number of nitrogens with one attached hydrogen (secondary N) is 2. The van der Waals surface area contributed by atoms with E-state index in [0.29, 0.717) is 11.3 Å². The summed E-state index contributed by atoms with van der Waals surface area (Å²) in [5, 5.41) is 5.62. The van der Waals surface area contributed by atoms with E-state index in [2.05, 4.69) is 26.6 Å². The third-order valence-electron chi connectivity index (χ3n) is 3.19. The molecule has 1 atom stereocenters. The van der Waals surface area contributed by atoms with E-state index in [1.165, 1.54) is 6.92 Å². The molecule has 114 valence electrons. The lowest BCUT2D eigenvalue weighted by Gasteiger charge is -2.14. The van der Waals surface area contributed by atoms with Crippen molar-refractivity contribution in [1.29, 1.82) is 0 Å². The summed E-state index contributed by atoms with van der Waals surface area (Å²) in [6.07, 6.45) is 0. The van der Waals surface area contributed by atoms with Crippen molar-refractivity contribution in [3.63, 3.8) is 0 Å². The van der Waals surface area contributed by atoms with E-state index in [9.17, 15) is 9.59 Å². The van der Waals surface area contributed by atoms with Crippen molar-refractivity contribution >= 4 is 33.4 Å². The maximum absolute atomic E-state index is 12.2. The quantitative estimate of drug-likeness (QED) is 0.868. The molecule has 0 radical (unpaired) electrons. The third kappa shape index (κ3) is 4.43. The summed E-state index contributed by atoms with van der Waals surface area (Å²) >= 11 is 3.39. The Kier molecular flexibility index (Phi) is 5.33. The van der Waals surface area contributed by atoms with Crippen molar-refractivity contribution in [3.8, 4) is 0 Å². The highest BCUT2D eigenvalue weighted by Crippen LogP contribution is 2.17. The molecule has 0 aliphatic rings. The number of halogens is 1. The monoisotopic (exact) mass is 360 g/mol. The fourth-order valence-electron chi connectivity index (χ4n) is 2.02. The van der Waals surface area contributed by atoms with Crippen LogP contribution in [0.3, 0.4) is 0 Å². The minimum atomic E-state index is -0.148. The van der Waals surface area contributed by atoms with E-state index >= 15 is 0 Å². The van der Waals surface area contributed by atoms with Crippen LogP contribution in [0, 0.1) is 0 Å². The highest BCUT2D eigenvalue weighted by molar-refractivity contribution is 9.10. The van der Waals surface area contributed by atoms with Gasteiger partial charge in [0.1, 0.15) is 0 Å². The van der Waals surface area contributed by atoms with Crippen LogP contribution in [-0.4, -0.2) is 11.8 Å². The SMILES string of the molecule is CC(=O)Nc1ccc(C(=O)NC(C)c2ccc(Br)cc2)cc1. The van der Waals surface area contributed by atoms with Gasteiger partial charge in [-0.25, -0.2) is 0 Å². The van der Waals surface area contributed by atoms with Crippen molar-refractivity contribution in [1.82, 2.24) is 5.32 Å². The molecule has 2 N–H and O–H groups in total. The zero-order chi connectivity index (χ0) is 16.1. The molecule has 0 bridgehead atoms. The summed E-state index contributed by atoms with van der Waals surface area (Å²) in [5.41, 5.74) is 2.26. The molecular formula is C17H17BrN2O2. The van der Waals surface area contributed by atoms with Crippen LogP contribution >= 0.6 is 15.9 Å².